The van der Waals surface area contributed by atoms with Crippen LogP contribution in [0.1, 0.15) is 5.56 Å². The molecule has 84 valence electrons. The van der Waals surface area contributed by atoms with Crippen molar-refractivity contribution in [3.8, 4) is 6.07 Å². The average Bonchev–Trinajstić information content (AvgIpc) is 2.57. The minimum absolute atomic E-state index is 0.0808. The first-order valence-corrected chi connectivity index (χ1v) is 5.66. The molecule has 0 radical (unpaired) electrons. The second-order valence-corrected chi connectivity index (χ2v) is 4.13. The van der Waals surface area contributed by atoms with E-state index in [2.05, 4.69) is 6.07 Å². The molecule has 0 atom stereocenters. The lowest BCUT2D eigenvalue weighted by Gasteiger charge is -1.94. The lowest BCUT2D eigenvalue weighted by atomic mass is 10.1. The van der Waals surface area contributed by atoms with Gasteiger partial charge < -0.3 is 0 Å². The minimum atomic E-state index is -0.0808. The van der Waals surface area contributed by atoms with E-state index in [1.807, 2.05) is 36.4 Å². The van der Waals surface area contributed by atoms with E-state index in [0.717, 1.165) is 10.8 Å². The van der Waals surface area contributed by atoms with Crippen LogP contribution in [-0.4, -0.2) is 0 Å². The fourth-order valence-electron chi connectivity index (χ4n) is 2.22. The number of hydrogen-bond acceptors (Lipinski definition) is 2. The van der Waals surface area contributed by atoms with Gasteiger partial charge in [-0.15, -0.1) is 0 Å². The van der Waals surface area contributed by atoms with Crippen LogP contribution in [0.3, 0.4) is 0 Å². The molecule has 3 aromatic carbocycles. The van der Waals surface area contributed by atoms with Gasteiger partial charge in [-0.3, -0.25) is 4.79 Å². The molecule has 0 N–H and O–H groups in total. The number of hydrogen-bond donors (Lipinski definition) is 0. The van der Waals surface area contributed by atoms with Crippen LogP contribution < -0.4 is 5.43 Å². The van der Waals surface area contributed by atoms with Gasteiger partial charge >= 0.3 is 0 Å². The maximum atomic E-state index is 12.5. The summed E-state index contributed by atoms with van der Waals surface area (Å²) in [7, 11) is 0. The Kier molecular flexibility index (Phi) is 2.32. The molecule has 0 aliphatic heterocycles. The minimum Gasteiger partial charge on any atom is -0.289 e. The van der Waals surface area contributed by atoms with Gasteiger partial charge in [0.05, 0.1) is 11.6 Å². The quantitative estimate of drug-likeness (QED) is 0.596. The zero-order chi connectivity index (χ0) is 12.5. The standard InChI is InChI=1S/C16H9NO/c17-10-13-6-3-5-12-9-8-11-4-1-2-7-14(11)16(18)15(12)13/h1-9H. The highest BCUT2D eigenvalue weighted by Gasteiger charge is 2.05. The van der Waals surface area contributed by atoms with Crippen molar-refractivity contribution in [1.82, 2.24) is 0 Å². The number of rotatable bonds is 0. The van der Waals surface area contributed by atoms with Crippen LogP contribution in [0.5, 0.6) is 0 Å². The molecule has 0 spiro atoms. The second kappa shape index (κ2) is 3.97. The molecular formula is C16H9NO. The predicted molar refractivity (Wildman–Crippen MR) is 72.4 cm³/mol. The number of nitriles is 1. The van der Waals surface area contributed by atoms with Crippen molar-refractivity contribution < 1.29 is 0 Å². The van der Waals surface area contributed by atoms with Crippen LogP contribution in [0.4, 0.5) is 0 Å². The molecule has 0 saturated carbocycles. The first-order valence-electron chi connectivity index (χ1n) is 5.66. The highest BCUT2D eigenvalue weighted by atomic mass is 16.1. The Balaban J connectivity index is 2.71. The maximum absolute atomic E-state index is 12.5. The summed E-state index contributed by atoms with van der Waals surface area (Å²) in [6.45, 7) is 0. The molecule has 0 aromatic heterocycles. The predicted octanol–water partition coefficient (Wildman–Crippen LogP) is 3.22. The lowest BCUT2D eigenvalue weighted by Crippen LogP contribution is -2.00. The summed E-state index contributed by atoms with van der Waals surface area (Å²) in [5.74, 6) is 0. The molecule has 0 unspecified atom stereocenters. The summed E-state index contributed by atoms with van der Waals surface area (Å²) < 4.78 is 0. The normalized spacial score (nSPS) is 10.4. The van der Waals surface area contributed by atoms with Gasteiger partial charge in [0.1, 0.15) is 0 Å². The van der Waals surface area contributed by atoms with E-state index in [4.69, 9.17) is 5.26 Å². The molecule has 2 heteroatoms. The van der Waals surface area contributed by atoms with E-state index in [9.17, 15) is 4.79 Å². The van der Waals surface area contributed by atoms with E-state index in [0.29, 0.717) is 16.3 Å². The van der Waals surface area contributed by atoms with Gasteiger partial charge in [-0.05, 0) is 16.8 Å². The van der Waals surface area contributed by atoms with Crippen molar-refractivity contribution >= 4 is 21.5 Å². The monoisotopic (exact) mass is 231 g/mol. The van der Waals surface area contributed by atoms with Gasteiger partial charge in [0.2, 0.25) is 0 Å². The second-order valence-electron chi connectivity index (χ2n) is 4.13. The molecule has 0 aliphatic carbocycles. The summed E-state index contributed by atoms with van der Waals surface area (Å²) in [6, 6.07) is 18.7. The molecule has 0 heterocycles. The summed E-state index contributed by atoms with van der Waals surface area (Å²) in [5.41, 5.74) is 0.349. The first-order chi connectivity index (χ1) is 8.81. The molecule has 3 aromatic rings. The topological polar surface area (TPSA) is 40.9 Å². The van der Waals surface area contributed by atoms with Crippen molar-refractivity contribution in [3.05, 3.63) is 70.4 Å². The smallest absolute Gasteiger partial charge is 0.195 e. The largest absolute Gasteiger partial charge is 0.289 e. The summed E-state index contributed by atoms with van der Waals surface area (Å²) in [5, 5.41) is 12.0. The highest BCUT2D eigenvalue weighted by molar-refractivity contribution is 5.95. The molecule has 0 aliphatic rings. The Bertz CT molecular complexity index is 860. The Morgan fingerprint density at radius 2 is 1.56 bits per heavy atom. The van der Waals surface area contributed by atoms with Crippen molar-refractivity contribution in [1.29, 1.82) is 5.26 Å². The van der Waals surface area contributed by atoms with E-state index in [1.54, 1.807) is 18.2 Å². The van der Waals surface area contributed by atoms with Crippen LogP contribution in [-0.2, 0) is 0 Å². The van der Waals surface area contributed by atoms with Crippen LogP contribution in [0, 0.1) is 11.3 Å². The maximum Gasteiger partial charge on any atom is 0.195 e. The van der Waals surface area contributed by atoms with E-state index in [1.165, 1.54) is 0 Å². The third-order valence-corrected chi connectivity index (χ3v) is 3.09. The number of nitrogens with zero attached hydrogens (tertiary/aromatic N) is 1. The van der Waals surface area contributed by atoms with Crippen molar-refractivity contribution in [2.75, 3.05) is 0 Å². The van der Waals surface area contributed by atoms with Gasteiger partial charge in [-0.25, -0.2) is 0 Å². The third-order valence-electron chi connectivity index (χ3n) is 3.09. The van der Waals surface area contributed by atoms with Gasteiger partial charge in [0, 0.05) is 10.8 Å². The Hall–Kier alpha value is -2.66. The number of fused-ring (bicyclic) bond motifs is 2. The SMILES string of the molecule is N#Cc1cccc2ccc3ccccc3c(=O)c12. The molecule has 0 bridgehead atoms. The summed E-state index contributed by atoms with van der Waals surface area (Å²) in [4.78, 5) is 12.5. The fraction of sp³-hybridized carbons (Fsp3) is 0. The molecule has 0 fully saturated rings. The van der Waals surface area contributed by atoms with Crippen LogP contribution in [0.2, 0.25) is 0 Å². The lowest BCUT2D eigenvalue weighted by molar-refractivity contribution is 1.50. The van der Waals surface area contributed by atoms with E-state index in [-0.39, 0.29) is 5.43 Å². The summed E-state index contributed by atoms with van der Waals surface area (Å²) in [6.07, 6.45) is 0. The average molecular weight is 231 g/mol. The molecular weight excluding hydrogens is 222 g/mol. The Morgan fingerprint density at radius 3 is 2.39 bits per heavy atom. The van der Waals surface area contributed by atoms with Crippen LogP contribution >= 0.6 is 0 Å². The van der Waals surface area contributed by atoms with Gasteiger partial charge in [-0.1, -0.05) is 48.5 Å². The van der Waals surface area contributed by atoms with Crippen LogP contribution in [0.25, 0.3) is 21.5 Å². The molecule has 0 amide bonds. The van der Waals surface area contributed by atoms with Gasteiger partial charge in [-0.2, -0.15) is 5.26 Å². The Morgan fingerprint density at radius 1 is 0.833 bits per heavy atom. The fourth-order valence-corrected chi connectivity index (χ4v) is 2.22. The van der Waals surface area contributed by atoms with Crippen molar-refractivity contribution in [2.24, 2.45) is 0 Å². The Labute approximate surface area is 104 Å². The zero-order valence-corrected chi connectivity index (χ0v) is 9.55. The molecule has 3 rings (SSSR count). The molecule has 2 nitrogen and oxygen atoms in total. The van der Waals surface area contributed by atoms with E-state index < -0.39 is 0 Å². The number of benzene rings is 2. The van der Waals surface area contributed by atoms with Crippen LogP contribution in [0.15, 0.2) is 59.4 Å². The van der Waals surface area contributed by atoms with Crippen molar-refractivity contribution in [3.63, 3.8) is 0 Å². The highest BCUT2D eigenvalue weighted by Crippen LogP contribution is 2.17. The third kappa shape index (κ3) is 1.46. The first kappa shape index (κ1) is 10.5. The van der Waals surface area contributed by atoms with Crippen molar-refractivity contribution in [2.45, 2.75) is 0 Å². The van der Waals surface area contributed by atoms with Gasteiger partial charge in [0.15, 0.2) is 5.43 Å². The zero-order valence-electron chi connectivity index (χ0n) is 9.55. The molecule has 18 heavy (non-hydrogen) atoms. The molecule has 0 saturated heterocycles. The van der Waals surface area contributed by atoms with Gasteiger partial charge in [0.25, 0.3) is 0 Å². The van der Waals surface area contributed by atoms with E-state index >= 15 is 0 Å². The summed E-state index contributed by atoms with van der Waals surface area (Å²) >= 11 is 0.